The highest BCUT2D eigenvalue weighted by atomic mass is 32.1. The van der Waals surface area contributed by atoms with Gasteiger partial charge in [0.25, 0.3) is 0 Å². The van der Waals surface area contributed by atoms with E-state index < -0.39 is 5.97 Å². The molecule has 0 aliphatic heterocycles. The monoisotopic (exact) mass is 297 g/mol. The molecular formula is C13H19N3O3S. The molecule has 1 aliphatic rings. The van der Waals surface area contributed by atoms with Crippen LogP contribution in [0.15, 0.2) is 0 Å². The number of amides is 2. The number of aliphatic carboxylic acids is 1. The summed E-state index contributed by atoms with van der Waals surface area (Å²) < 4.78 is 0. The van der Waals surface area contributed by atoms with Gasteiger partial charge in [-0.1, -0.05) is 12.8 Å². The van der Waals surface area contributed by atoms with Crippen LogP contribution in [-0.4, -0.2) is 39.6 Å². The highest BCUT2D eigenvalue weighted by molar-refractivity contribution is 7.15. The molecule has 0 atom stereocenters. The third-order valence-corrected chi connectivity index (χ3v) is 4.56. The summed E-state index contributed by atoms with van der Waals surface area (Å²) in [6, 6.07) is -0.346. The Labute approximate surface area is 121 Å². The van der Waals surface area contributed by atoms with Gasteiger partial charge in [-0.3, -0.25) is 10.1 Å². The zero-order chi connectivity index (χ0) is 14.7. The molecule has 1 heterocycles. The Morgan fingerprint density at radius 2 is 2.05 bits per heavy atom. The van der Waals surface area contributed by atoms with Crippen LogP contribution in [0.2, 0.25) is 0 Å². The van der Waals surface area contributed by atoms with E-state index in [1.54, 1.807) is 0 Å². The number of aryl methyl sites for hydroxylation is 2. The van der Waals surface area contributed by atoms with Crippen molar-refractivity contribution in [3.05, 3.63) is 10.6 Å². The summed E-state index contributed by atoms with van der Waals surface area (Å²) in [7, 11) is 0. The summed E-state index contributed by atoms with van der Waals surface area (Å²) in [5, 5.41) is 12.2. The van der Waals surface area contributed by atoms with Gasteiger partial charge in [0.15, 0.2) is 5.13 Å². The van der Waals surface area contributed by atoms with E-state index >= 15 is 0 Å². The second kappa shape index (κ2) is 6.21. The molecule has 0 saturated heterocycles. The third-order valence-electron chi connectivity index (χ3n) is 3.57. The highest BCUT2D eigenvalue weighted by Gasteiger charge is 2.28. The topological polar surface area (TPSA) is 82.5 Å². The van der Waals surface area contributed by atoms with E-state index in [1.807, 2.05) is 13.8 Å². The average molecular weight is 297 g/mol. The maximum atomic E-state index is 12.3. The number of nitrogens with zero attached hydrogens (tertiary/aromatic N) is 2. The van der Waals surface area contributed by atoms with Crippen LogP contribution >= 0.6 is 11.3 Å². The summed E-state index contributed by atoms with van der Waals surface area (Å²) in [5.74, 6) is -0.987. The molecule has 6 nitrogen and oxygen atoms in total. The van der Waals surface area contributed by atoms with Gasteiger partial charge in [-0.05, 0) is 26.7 Å². The lowest BCUT2D eigenvalue weighted by Gasteiger charge is -2.26. The number of urea groups is 1. The number of rotatable bonds is 4. The molecule has 110 valence electrons. The number of nitrogens with one attached hydrogen (secondary N) is 1. The molecule has 2 amide bonds. The van der Waals surface area contributed by atoms with Crippen molar-refractivity contribution in [1.82, 2.24) is 9.88 Å². The molecule has 2 N–H and O–H groups in total. The van der Waals surface area contributed by atoms with Crippen molar-refractivity contribution in [2.45, 2.75) is 45.6 Å². The van der Waals surface area contributed by atoms with Gasteiger partial charge in [0.1, 0.15) is 6.54 Å². The molecule has 7 heteroatoms. The van der Waals surface area contributed by atoms with Gasteiger partial charge >= 0.3 is 12.0 Å². The number of anilines is 1. The quantitative estimate of drug-likeness (QED) is 0.895. The Kier molecular flexibility index (Phi) is 4.59. The van der Waals surface area contributed by atoms with Crippen LogP contribution in [0.25, 0.3) is 0 Å². The molecule has 1 fully saturated rings. The van der Waals surface area contributed by atoms with Crippen molar-refractivity contribution in [3.63, 3.8) is 0 Å². The lowest BCUT2D eigenvalue weighted by Crippen LogP contribution is -2.44. The van der Waals surface area contributed by atoms with Crippen molar-refractivity contribution in [2.24, 2.45) is 0 Å². The minimum absolute atomic E-state index is 0.0215. The van der Waals surface area contributed by atoms with Crippen LogP contribution < -0.4 is 5.32 Å². The molecule has 20 heavy (non-hydrogen) atoms. The lowest BCUT2D eigenvalue weighted by molar-refractivity contribution is -0.138. The van der Waals surface area contributed by atoms with Crippen molar-refractivity contribution < 1.29 is 14.7 Å². The van der Waals surface area contributed by atoms with Gasteiger partial charge in [-0.2, -0.15) is 0 Å². The van der Waals surface area contributed by atoms with Gasteiger partial charge in [-0.15, -0.1) is 11.3 Å². The minimum Gasteiger partial charge on any atom is -0.480 e. The molecule has 1 aromatic rings. The number of carbonyl (C=O) groups is 2. The number of thiazole rings is 1. The predicted molar refractivity (Wildman–Crippen MR) is 77.2 cm³/mol. The van der Waals surface area contributed by atoms with Crippen LogP contribution in [-0.2, 0) is 4.79 Å². The summed E-state index contributed by atoms with van der Waals surface area (Å²) in [4.78, 5) is 29.9. The van der Waals surface area contributed by atoms with Gasteiger partial charge in [-0.25, -0.2) is 9.78 Å². The van der Waals surface area contributed by atoms with Crippen molar-refractivity contribution in [2.75, 3.05) is 11.9 Å². The van der Waals surface area contributed by atoms with Gasteiger partial charge in [0.05, 0.1) is 5.69 Å². The van der Waals surface area contributed by atoms with E-state index in [1.165, 1.54) is 16.2 Å². The Morgan fingerprint density at radius 1 is 1.40 bits per heavy atom. The molecule has 1 aliphatic carbocycles. The standard InChI is InChI=1S/C13H19N3O3S/c1-8-9(2)20-12(14-8)15-13(19)16(7-11(17)18)10-5-3-4-6-10/h10H,3-7H2,1-2H3,(H,17,18)(H,14,15,19). The molecular weight excluding hydrogens is 278 g/mol. The van der Waals surface area contributed by atoms with Crippen LogP contribution in [0.3, 0.4) is 0 Å². The molecule has 0 bridgehead atoms. The van der Waals surface area contributed by atoms with Crippen LogP contribution in [0.5, 0.6) is 0 Å². The molecule has 0 radical (unpaired) electrons. The first-order valence-corrected chi connectivity index (χ1v) is 7.52. The summed E-state index contributed by atoms with van der Waals surface area (Å²) in [6.45, 7) is 3.56. The minimum atomic E-state index is -0.987. The number of carboxylic acid groups (broad SMARTS) is 1. The second-order valence-corrected chi connectivity index (χ2v) is 6.25. The molecule has 1 saturated carbocycles. The first-order valence-electron chi connectivity index (χ1n) is 6.71. The molecule has 0 spiro atoms. The molecule has 2 rings (SSSR count). The summed E-state index contributed by atoms with van der Waals surface area (Å²) in [6.07, 6.45) is 3.83. The van der Waals surface area contributed by atoms with Gasteiger partial charge in [0, 0.05) is 10.9 Å². The van der Waals surface area contributed by atoms with Gasteiger partial charge in [0.2, 0.25) is 0 Å². The smallest absolute Gasteiger partial charge is 0.324 e. The van der Waals surface area contributed by atoms with Gasteiger partial charge < -0.3 is 10.0 Å². The maximum Gasteiger partial charge on any atom is 0.324 e. The third kappa shape index (κ3) is 3.47. The predicted octanol–water partition coefficient (Wildman–Crippen LogP) is 2.62. The average Bonchev–Trinajstić information content (AvgIpc) is 2.97. The summed E-state index contributed by atoms with van der Waals surface area (Å²) >= 11 is 1.40. The molecule has 0 unspecified atom stereocenters. The van der Waals surface area contributed by atoms with E-state index in [0.29, 0.717) is 5.13 Å². The molecule has 0 aromatic carbocycles. The number of carbonyl (C=O) groups excluding carboxylic acids is 1. The maximum absolute atomic E-state index is 12.3. The fourth-order valence-corrected chi connectivity index (χ4v) is 3.22. The first kappa shape index (κ1) is 14.8. The zero-order valence-electron chi connectivity index (χ0n) is 11.7. The largest absolute Gasteiger partial charge is 0.480 e. The van der Waals surface area contributed by atoms with Crippen molar-refractivity contribution in [3.8, 4) is 0 Å². The Hall–Kier alpha value is -1.63. The highest BCUT2D eigenvalue weighted by Crippen LogP contribution is 2.25. The Balaban J connectivity index is 2.07. The first-order chi connectivity index (χ1) is 9.47. The van der Waals surface area contributed by atoms with E-state index in [9.17, 15) is 9.59 Å². The zero-order valence-corrected chi connectivity index (χ0v) is 12.5. The van der Waals surface area contributed by atoms with Crippen LogP contribution in [0.1, 0.15) is 36.3 Å². The summed E-state index contributed by atoms with van der Waals surface area (Å²) in [5.41, 5.74) is 0.885. The Morgan fingerprint density at radius 3 is 2.55 bits per heavy atom. The van der Waals surface area contributed by atoms with Crippen LogP contribution in [0.4, 0.5) is 9.93 Å². The molecule has 1 aromatic heterocycles. The van der Waals surface area contributed by atoms with Crippen molar-refractivity contribution in [1.29, 1.82) is 0 Å². The van der Waals surface area contributed by atoms with E-state index in [4.69, 9.17) is 5.11 Å². The lowest BCUT2D eigenvalue weighted by atomic mass is 10.2. The van der Waals surface area contributed by atoms with E-state index in [-0.39, 0.29) is 18.6 Å². The number of hydrogen-bond acceptors (Lipinski definition) is 4. The number of carboxylic acids is 1. The van der Waals surface area contributed by atoms with Crippen LogP contribution in [0, 0.1) is 13.8 Å². The number of aromatic nitrogens is 1. The normalized spacial score (nSPS) is 15.3. The van der Waals surface area contributed by atoms with E-state index in [2.05, 4.69) is 10.3 Å². The van der Waals surface area contributed by atoms with Crippen molar-refractivity contribution >= 4 is 28.5 Å². The Bertz CT molecular complexity index is 489. The fraction of sp³-hybridized carbons (Fsp3) is 0.615. The SMILES string of the molecule is Cc1nc(NC(=O)N(CC(=O)O)C2CCCC2)sc1C. The fourth-order valence-electron chi connectivity index (χ4n) is 2.42. The number of hydrogen-bond donors (Lipinski definition) is 2. The second-order valence-electron chi connectivity index (χ2n) is 5.05. The van der Waals surface area contributed by atoms with E-state index in [0.717, 1.165) is 36.3 Å².